The Morgan fingerprint density at radius 2 is 1.43 bits per heavy atom. The molecule has 35 heavy (non-hydrogen) atoms. The summed E-state index contributed by atoms with van der Waals surface area (Å²) in [6.07, 6.45) is 3.33. The second-order valence-electron chi connectivity index (χ2n) is 8.33. The van der Waals surface area contributed by atoms with E-state index in [1.807, 2.05) is 54.6 Å². The van der Waals surface area contributed by atoms with Crippen LogP contribution < -0.4 is 0 Å². The predicted molar refractivity (Wildman–Crippen MR) is 139 cm³/mol. The van der Waals surface area contributed by atoms with E-state index >= 15 is 0 Å². The molecule has 162 valence electrons. The summed E-state index contributed by atoms with van der Waals surface area (Å²) in [6.45, 7) is 0. The molecule has 6 rings (SSSR count). The molecule has 4 aromatic carbocycles. The fourth-order valence-electron chi connectivity index (χ4n) is 4.82. The van der Waals surface area contributed by atoms with E-state index < -0.39 is 0 Å². The van der Waals surface area contributed by atoms with Crippen LogP contribution in [0.3, 0.4) is 0 Å². The fourth-order valence-corrected chi connectivity index (χ4v) is 4.82. The first-order chi connectivity index (χ1) is 17.3. The molecular formula is C31H18N4. The minimum Gasteiger partial charge on any atom is -0.309 e. The molecule has 0 bridgehead atoms. The van der Waals surface area contributed by atoms with E-state index in [1.165, 1.54) is 0 Å². The average molecular weight is 447 g/mol. The highest BCUT2D eigenvalue weighted by Crippen LogP contribution is 2.37. The van der Waals surface area contributed by atoms with Crippen LogP contribution in [0.4, 0.5) is 0 Å². The molecule has 4 nitrogen and oxygen atoms in total. The first-order valence-corrected chi connectivity index (χ1v) is 11.3. The number of pyridine rings is 1. The van der Waals surface area contributed by atoms with Crippen molar-refractivity contribution in [3.63, 3.8) is 0 Å². The van der Waals surface area contributed by atoms with Crippen LogP contribution in [0.1, 0.15) is 11.1 Å². The number of fused-ring (bicyclic) bond motifs is 3. The van der Waals surface area contributed by atoms with Gasteiger partial charge in [-0.15, -0.1) is 0 Å². The predicted octanol–water partition coefficient (Wildman–Crippen LogP) is 7.26. The molecule has 0 saturated heterocycles. The number of para-hydroxylation sites is 1. The van der Waals surface area contributed by atoms with E-state index in [4.69, 9.17) is 0 Å². The topological polar surface area (TPSA) is 65.4 Å². The lowest BCUT2D eigenvalue weighted by atomic mass is 9.93. The molecule has 0 aliphatic carbocycles. The van der Waals surface area contributed by atoms with Crippen LogP contribution in [0.25, 0.3) is 49.7 Å². The molecule has 0 fully saturated rings. The van der Waals surface area contributed by atoms with E-state index in [2.05, 4.69) is 64.2 Å². The van der Waals surface area contributed by atoms with Crippen molar-refractivity contribution in [3.05, 3.63) is 121 Å². The lowest BCUT2D eigenvalue weighted by molar-refractivity contribution is 1.18. The zero-order valence-electron chi connectivity index (χ0n) is 18.7. The van der Waals surface area contributed by atoms with Gasteiger partial charge in [0.25, 0.3) is 0 Å². The molecule has 4 heteroatoms. The van der Waals surface area contributed by atoms with Crippen molar-refractivity contribution in [1.29, 1.82) is 10.5 Å². The minimum atomic E-state index is 0.548. The molecule has 2 heterocycles. The Morgan fingerprint density at radius 3 is 2.29 bits per heavy atom. The van der Waals surface area contributed by atoms with Gasteiger partial charge < -0.3 is 4.57 Å². The number of hydrogen-bond acceptors (Lipinski definition) is 3. The SMILES string of the molecule is N#Cc1ccc2c(c1)c1ccccc1n2-c1cccc(-c2ccccc2-c2ccncc2C#N)c1. The van der Waals surface area contributed by atoms with Gasteiger partial charge in [-0.3, -0.25) is 4.98 Å². The summed E-state index contributed by atoms with van der Waals surface area (Å²) in [5, 5.41) is 21.2. The standard InChI is InChI=1S/C31H18N4/c32-18-21-12-13-31-29(16-21)28-10-3-4-11-30(28)35(31)24-7-5-6-22(17-24)25-8-1-2-9-27(25)26-14-15-34-20-23(26)19-33/h1-17,20H. The summed E-state index contributed by atoms with van der Waals surface area (Å²) in [5.41, 5.74) is 8.32. The maximum atomic E-state index is 9.64. The summed E-state index contributed by atoms with van der Waals surface area (Å²) < 4.78 is 2.24. The molecule has 2 aromatic heterocycles. The highest BCUT2D eigenvalue weighted by Gasteiger charge is 2.15. The number of nitrogens with zero attached hydrogens (tertiary/aromatic N) is 4. The third-order valence-corrected chi connectivity index (χ3v) is 6.38. The number of rotatable bonds is 3. The van der Waals surface area contributed by atoms with Gasteiger partial charge in [-0.25, -0.2) is 0 Å². The second kappa shape index (κ2) is 8.30. The molecular weight excluding hydrogens is 428 g/mol. The fraction of sp³-hybridized carbons (Fsp3) is 0. The van der Waals surface area contributed by atoms with Gasteiger partial charge in [0.05, 0.1) is 28.2 Å². The van der Waals surface area contributed by atoms with Crippen LogP contribution >= 0.6 is 0 Å². The summed E-state index contributed by atoms with van der Waals surface area (Å²) in [7, 11) is 0. The van der Waals surface area contributed by atoms with Crippen molar-refractivity contribution in [3.8, 4) is 40.1 Å². The summed E-state index contributed by atoms with van der Waals surface area (Å²) >= 11 is 0. The third kappa shape index (κ3) is 3.33. The van der Waals surface area contributed by atoms with Gasteiger partial charge in [0, 0.05) is 34.4 Å². The Bertz CT molecular complexity index is 1830. The zero-order valence-corrected chi connectivity index (χ0v) is 18.7. The van der Waals surface area contributed by atoms with E-state index in [1.54, 1.807) is 12.4 Å². The Morgan fingerprint density at radius 1 is 0.629 bits per heavy atom. The van der Waals surface area contributed by atoms with E-state index in [-0.39, 0.29) is 0 Å². The quantitative estimate of drug-likeness (QED) is 0.287. The molecule has 0 amide bonds. The third-order valence-electron chi connectivity index (χ3n) is 6.38. The summed E-state index contributed by atoms with van der Waals surface area (Å²) in [4.78, 5) is 4.12. The minimum absolute atomic E-state index is 0.548. The smallest absolute Gasteiger partial charge is 0.101 e. The normalized spacial score (nSPS) is 10.8. The van der Waals surface area contributed by atoms with Gasteiger partial charge in [0.1, 0.15) is 6.07 Å². The highest BCUT2D eigenvalue weighted by molar-refractivity contribution is 6.09. The molecule has 0 aliphatic rings. The largest absolute Gasteiger partial charge is 0.309 e. The average Bonchev–Trinajstić information content (AvgIpc) is 3.26. The monoisotopic (exact) mass is 446 g/mol. The lowest BCUT2D eigenvalue weighted by Gasteiger charge is -2.14. The molecule has 0 atom stereocenters. The van der Waals surface area contributed by atoms with E-state index in [9.17, 15) is 10.5 Å². The molecule has 0 radical (unpaired) electrons. The van der Waals surface area contributed by atoms with Gasteiger partial charge in [-0.1, -0.05) is 54.6 Å². The van der Waals surface area contributed by atoms with Crippen molar-refractivity contribution in [2.75, 3.05) is 0 Å². The zero-order chi connectivity index (χ0) is 23.8. The van der Waals surface area contributed by atoms with Gasteiger partial charge in [0.15, 0.2) is 0 Å². The van der Waals surface area contributed by atoms with Crippen molar-refractivity contribution >= 4 is 21.8 Å². The van der Waals surface area contributed by atoms with Gasteiger partial charge >= 0.3 is 0 Å². The highest BCUT2D eigenvalue weighted by atomic mass is 15.0. The van der Waals surface area contributed by atoms with Crippen molar-refractivity contribution < 1.29 is 0 Å². The number of nitriles is 2. The van der Waals surface area contributed by atoms with E-state index in [0.717, 1.165) is 49.7 Å². The van der Waals surface area contributed by atoms with Crippen LogP contribution in [-0.4, -0.2) is 9.55 Å². The molecule has 0 unspecified atom stereocenters. The molecule has 0 saturated carbocycles. The van der Waals surface area contributed by atoms with E-state index in [0.29, 0.717) is 11.1 Å². The number of benzene rings is 4. The molecule has 0 aliphatic heterocycles. The first-order valence-electron chi connectivity index (χ1n) is 11.3. The first kappa shape index (κ1) is 20.4. The van der Waals surface area contributed by atoms with Crippen molar-refractivity contribution in [1.82, 2.24) is 9.55 Å². The Balaban J connectivity index is 1.59. The van der Waals surface area contributed by atoms with Crippen molar-refractivity contribution in [2.45, 2.75) is 0 Å². The maximum Gasteiger partial charge on any atom is 0.101 e. The number of hydrogen-bond donors (Lipinski definition) is 0. The molecule has 0 spiro atoms. The lowest BCUT2D eigenvalue weighted by Crippen LogP contribution is -1.95. The van der Waals surface area contributed by atoms with Crippen LogP contribution in [0.15, 0.2) is 109 Å². The Kier molecular flexibility index (Phi) is 4.84. The van der Waals surface area contributed by atoms with Gasteiger partial charge in [0.2, 0.25) is 0 Å². The Labute approximate surface area is 202 Å². The van der Waals surface area contributed by atoms with Gasteiger partial charge in [-0.2, -0.15) is 10.5 Å². The van der Waals surface area contributed by atoms with Crippen LogP contribution in [-0.2, 0) is 0 Å². The van der Waals surface area contributed by atoms with Crippen LogP contribution in [0, 0.1) is 22.7 Å². The number of aromatic nitrogens is 2. The Hall–Kier alpha value is -5.19. The molecule has 0 N–H and O–H groups in total. The van der Waals surface area contributed by atoms with Crippen LogP contribution in [0.2, 0.25) is 0 Å². The summed E-state index contributed by atoms with van der Waals surface area (Å²) in [5.74, 6) is 0. The maximum absolute atomic E-state index is 9.64. The van der Waals surface area contributed by atoms with Gasteiger partial charge in [-0.05, 0) is 59.2 Å². The summed E-state index contributed by atoms with van der Waals surface area (Å²) in [6, 6.07) is 37.1. The van der Waals surface area contributed by atoms with Crippen molar-refractivity contribution in [2.24, 2.45) is 0 Å². The molecule has 6 aromatic rings. The second-order valence-corrected chi connectivity index (χ2v) is 8.33. The van der Waals surface area contributed by atoms with Crippen LogP contribution in [0.5, 0.6) is 0 Å².